The zero-order chi connectivity index (χ0) is 9.14. The second kappa shape index (κ2) is 3.52. The molecule has 0 fully saturated rings. The second-order valence-electron chi connectivity index (χ2n) is 3.08. The first-order valence-corrected chi connectivity index (χ1v) is 4.02. The van der Waals surface area contributed by atoms with E-state index >= 15 is 0 Å². The van der Waals surface area contributed by atoms with Crippen LogP contribution >= 0.6 is 0 Å². The first kappa shape index (κ1) is 8.97. The molecule has 0 radical (unpaired) electrons. The van der Waals surface area contributed by atoms with Crippen molar-refractivity contribution in [2.45, 2.75) is 26.7 Å². The number of rotatable bonds is 2. The third-order valence-electron chi connectivity index (χ3n) is 1.72. The lowest BCUT2D eigenvalue weighted by Crippen LogP contribution is -2.00. The van der Waals surface area contributed by atoms with Crippen LogP contribution in [0.1, 0.15) is 31.0 Å². The molecule has 3 heteroatoms. The van der Waals surface area contributed by atoms with E-state index in [4.69, 9.17) is 4.74 Å². The Balaban J connectivity index is 3.08. The number of methoxy groups -OCH3 is 1. The minimum Gasteiger partial charge on any atom is -0.467 e. The molecule has 0 aliphatic heterocycles. The highest BCUT2D eigenvalue weighted by Crippen LogP contribution is 2.17. The monoisotopic (exact) mass is 166 g/mol. The molecule has 0 saturated heterocycles. The summed E-state index contributed by atoms with van der Waals surface area (Å²) in [5.74, 6) is 0.418. The van der Waals surface area contributed by atoms with E-state index in [0.717, 1.165) is 11.3 Å². The summed E-state index contributed by atoms with van der Waals surface area (Å²) in [4.78, 5) is 8.26. The molecule has 12 heavy (non-hydrogen) atoms. The standard InChI is InChI=1S/C9H14N2O/c1-6(2)8-7(3)5-10-9(11-8)12-4/h5-6H,1-4H3. The van der Waals surface area contributed by atoms with Gasteiger partial charge in [0, 0.05) is 6.20 Å². The first-order valence-electron chi connectivity index (χ1n) is 4.02. The van der Waals surface area contributed by atoms with Gasteiger partial charge in [0.1, 0.15) is 0 Å². The third kappa shape index (κ3) is 1.72. The van der Waals surface area contributed by atoms with E-state index in [9.17, 15) is 0 Å². The first-order chi connectivity index (χ1) is 5.65. The molecule has 0 aromatic carbocycles. The Bertz CT molecular complexity index is 271. The summed E-state index contributed by atoms with van der Waals surface area (Å²) >= 11 is 0. The molecule has 0 aliphatic carbocycles. The van der Waals surface area contributed by atoms with Gasteiger partial charge in [-0.15, -0.1) is 0 Å². The lowest BCUT2D eigenvalue weighted by atomic mass is 10.1. The Morgan fingerprint density at radius 1 is 1.42 bits per heavy atom. The average molecular weight is 166 g/mol. The van der Waals surface area contributed by atoms with Gasteiger partial charge in [0.2, 0.25) is 0 Å². The SMILES string of the molecule is COc1ncc(C)c(C(C)C)n1. The highest BCUT2D eigenvalue weighted by atomic mass is 16.5. The molecule has 3 nitrogen and oxygen atoms in total. The molecule has 0 saturated carbocycles. The lowest BCUT2D eigenvalue weighted by molar-refractivity contribution is 0.376. The van der Waals surface area contributed by atoms with Crippen molar-refractivity contribution in [3.05, 3.63) is 17.5 Å². The van der Waals surface area contributed by atoms with Crippen molar-refractivity contribution in [2.24, 2.45) is 0 Å². The summed E-state index contributed by atoms with van der Waals surface area (Å²) in [6.07, 6.45) is 1.79. The largest absolute Gasteiger partial charge is 0.467 e. The Morgan fingerprint density at radius 2 is 2.08 bits per heavy atom. The highest BCUT2D eigenvalue weighted by molar-refractivity contribution is 5.20. The summed E-state index contributed by atoms with van der Waals surface area (Å²) in [7, 11) is 1.58. The molecule has 0 aliphatic rings. The Morgan fingerprint density at radius 3 is 2.58 bits per heavy atom. The van der Waals surface area contributed by atoms with Gasteiger partial charge in [-0.3, -0.25) is 0 Å². The van der Waals surface area contributed by atoms with Gasteiger partial charge >= 0.3 is 6.01 Å². The van der Waals surface area contributed by atoms with Gasteiger partial charge in [-0.2, -0.15) is 4.98 Å². The maximum atomic E-state index is 4.94. The van der Waals surface area contributed by atoms with Crippen LogP contribution in [0.3, 0.4) is 0 Å². The molecular weight excluding hydrogens is 152 g/mol. The van der Waals surface area contributed by atoms with Crippen molar-refractivity contribution in [1.29, 1.82) is 0 Å². The van der Waals surface area contributed by atoms with Crippen molar-refractivity contribution in [1.82, 2.24) is 9.97 Å². The zero-order valence-corrected chi connectivity index (χ0v) is 7.96. The molecule has 0 amide bonds. The second-order valence-corrected chi connectivity index (χ2v) is 3.08. The van der Waals surface area contributed by atoms with E-state index in [1.807, 2.05) is 6.92 Å². The van der Waals surface area contributed by atoms with E-state index in [1.54, 1.807) is 13.3 Å². The Hall–Kier alpha value is -1.12. The maximum absolute atomic E-state index is 4.94. The summed E-state index contributed by atoms with van der Waals surface area (Å²) in [5, 5.41) is 0. The van der Waals surface area contributed by atoms with Crippen molar-refractivity contribution in [3.8, 4) is 6.01 Å². The summed E-state index contributed by atoms with van der Waals surface area (Å²) in [6.45, 7) is 6.22. The van der Waals surface area contributed by atoms with Crippen LogP contribution in [0.2, 0.25) is 0 Å². The fourth-order valence-corrected chi connectivity index (χ4v) is 1.12. The maximum Gasteiger partial charge on any atom is 0.316 e. The Kier molecular flexibility index (Phi) is 2.63. The van der Waals surface area contributed by atoms with E-state index < -0.39 is 0 Å². The van der Waals surface area contributed by atoms with Crippen molar-refractivity contribution in [3.63, 3.8) is 0 Å². The highest BCUT2D eigenvalue weighted by Gasteiger charge is 2.06. The van der Waals surface area contributed by atoms with Crippen LogP contribution in [-0.2, 0) is 0 Å². The number of nitrogens with zero attached hydrogens (tertiary/aromatic N) is 2. The molecule has 0 bridgehead atoms. The van der Waals surface area contributed by atoms with Gasteiger partial charge in [-0.1, -0.05) is 13.8 Å². The smallest absolute Gasteiger partial charge is 0.316 e. The minimum atomic E-state index is 0.418. The van der Waals surface area contributed by atoms with Crippen LogP contribution in [0, 0.1) is 6.92 Å². The van der Waals surface area contributed by atoms with Crippen molar-refractivity contribution < 1.29 is 4.74 Å². The number of aryl methyl sites for hydroxylation is 1. The van der Waals surface area contributed by atoms with Crippen molar-refractivity contribution >= 4 is 0 Å². The fraction of sp³-hybridized carbons (Fsp3) is 0.556. The number of aromatic nitrogens is 2. The Labute approximate surface area is 72.8 Å². The average Bonchev–Trinajstić information content (AvgIpc) is 2.05. The van der Waals surface area contributed by atoms with Crippen LogP contribution in [0.5, 0.6) is 6.01 Å². The topological polar surface area (TPSA) is 35.0 Å². The van der Waals surface area contributed by atoms with Crippen LogP contribution in [0.15, 0.2) is 6.20 Å². The molecule has 0 N–H and O–H groups in total. The van der Waals surface area contributed by atoms with Gasteiger partial charge in [0.15, 0.2) is 0 Å². The summed E-state index contributed by atoms with van der Waals surface area (Å²) in [6, 6.07) is 0.448. The molecule has 1 aromatic rings. The van der Waals surface area contributed by atoms with Crippen LogP contribution in [-0.4, -0.2) is 17.1 Å². The summed E-state index contributed by atoms with van der Waals surface area (Å²) in [5.41, 5.74) is 2.17. The molecule has 1 heterocycles. The van der Waals surface area contributed by atoms with Crippen LogP contribution in [0.25, 0.3) is 0 Å². The van der Waals surface area contributed by atoms with Gasteiger partial charge in [0.25, 0.3) is 0 Å². The fourth-order valence-electron chi connectivity index (χ4n) is 1.12. The number of hydrogen-bond acceptors (Lipinski definition) is 3. The summed E-state index contributed by atoms with van der Waals surface area (Å²) < 4.78 is 4.94. The minimum absolute atomic E-state index is 0.418. The van der Waals surface area contributed by atoms with E-state index in [-0.39, 0.29) is 0 Å². The molecular formula is C9H14N2O. The third-order valence-corrected chi connectivity index (χ3v) is 1.72. The van der Waals surface area contributed by atoms with Crippen molar-refractivity contribution in [2.75, 3.05) is 7.11 Å². The van der Waals surface area contributed by atoms with Gasteiger partial charge in [-0.25, -0.2) is 4.98 Å². The molecule has 0 atom stereocenters. The van der Waals surface area contributed by atoms with Crippen LogP contribution < -0.4 is 4.74 Å². The predicted molar refractivity (Wildman–Crippen MR) is 47.4 cm³/mol. The predicted octanol–water partition coefficient (Wildman–Crippen LogP) is 1.92. The van der Waals surface area contributed by atoms with E-state index in [1.165, 1.54) is 0 Å². The number of hydrogen-bond donors (Lipinski definition) is 0. The van der Waals surface area contributed by atoms with E-state index in [0.29, 0.717) is 11.9 Å². The van der Waals surface area contributed by atoms with Gasteiger partial charge in [0.05, 0.1) is 12.8 Å². The van der Waals surface area contributed by atoms with Gasteiger partial charge < -0.3 is 4.74 Å². The molecule has 0 unspecified atom stereocenters. The molecule has 66 valence electrons. The molecule has 0 spiro atoms. The normalized spacial score (nSPS) is 10.4. The zero-order valence-electron chi connectivity index (χ0n) is 7.96. The van der Waals surface area contributed by atoms with Crippen LogP contribution in [0.4, 0.5) is 0 Å². The van der Waals surface area contributed by atoms with E-state index in [2.05, 4.69) is 23.8 Å². The lowest BCUT2D eigenvalue weighted by Gasteiger charge is -2.08. The quantitative estimate of drug-likeness (QED) is 0.673. The molecule has 1 aromatic heterocycles. The number of ether oxygens (including phenoxy) is 1. The molecule has 1 rings (SSSR count). The van der Waals surface area contributed by atoms with Gasteiger partial charge in [-0.05, 0) is 18.4 Å².